The standard InChI is InChI=1S/C8H5F9O3S/c9-5(10,7(13,14)15)6(11,12)8(16,17)21(18,19)20-4-2-1-3-4/h2H,1,3H2. The summed E-state index contributed by atoms with van der Waals surface area (Å²) in [5, 5.41) is -6.80. The Kier molecular flexibility index (Phi) is 3.99. The highest BCUT2D eigenvalue weighted by Gasteiger charge is 2.86. The van der Waals surface area contributed by atoms with E-state index >= 15 is 0 Å². The molecular weight excluding hydrogens is 347 g/mol. The summed E-state index contributed by atoms with van der Waals surface area (Å²) in [6, 6.07) is 0. The van der Waals surface area contributed by atoms with Gasteiger partial charge in [-0.3, -0.25) is 0 Å². The lowest BCUT2D eigenvalue weighted by Gasteiger charge is -2.33. The van der Waals surface area contributed by atoms with Gasteiger partial charge in [0.15, 0.2) is 0 Å². The summed E-state index contributed by atoms with van der Waals surface area (Å²) < 4.78 is 137. The van der Waals surface area contributed by atoms with Gasteiger partial charge in [-0.15, -0.1) is 0 Å². The fourth-order valence-corrected chi connectivity index (χ4v) is 2.03. The predicted octanol–water partition coefficient (Wildman–Crippen LogP) is 3.44. The monoisotopic (exact) mass is 352 g/mol. The average Bonchev–Trinajstić information content (AvgIpc) is 2.21. The van der Waals surface area contributed by atoms with Crippen LogP contribution in [0.1, 0.15) is 12.8 Å². The van der Waals surface area contributed by atoms with Crippen molar-refractivity contribution in [2.45, 2.75) is 36.1 Å². The molecule has 0 saturated carbocycles. The Hall–Kier alpha value is -1.14. The van der Waals surface area contributed by atoms with Crippen LogP contribution in [0.25, 0.3) is 0 Å². The molecule has 0 spiro atoms. The van der Waals surface area contributed by atoms with Gasteiger partial charge in [-0.25, -0.2) is 0 Å². The van der Waals surface area contributed by atoms with Crippen molar-refractivity contribution < 1.29 is 52.1 Å². The van der Waals surface area contributed by atoms with E-state index < -0.39 is 39.2 Å². The molecule has 21 heavy (non-hydrogen) atoms. The summed E-state index contributed by atoms with van der Waals surface area (Å²) >= 11 is 0. The lowest BCUT2D eigenvalue weighted by Crippen LogP contribution is -2.63. The minimum absolute atomic E-state index is 0.144. The Labute approximate surface area is 111 Å². The number of hydrogen-bond donors (Lipinski definition) is 0. The van der Waals surface area contributed by atoms with Crippen molar-refractivity contribution in [1.29, 1.82) is 0 Å². The molecule has 0 aromatic rings. The third-order valence-corrected chi connectivity index (χ3v) is 3.73. The van der Waals surface area contributed by atoms with Crippen molar-refractivity contribution in [3.05, 3.63) is 11.8 Å². The maximum atomic E-state index is 13.1. The van der Waals surface area contributed by atoms with Gasteiger partial charge in [0.25, 0.3) is 0 Å². The van der Waals surface area contributed by atoms with E-state index in [2.05, 4.69) is 4.18 Å². The minimum Gasteiger partial charge on any atom is -0.383 e. The Morgan fingerprint density at radius 1 is 0.905 bits per heavy atom. The first kappa shape index (κ1) is 17.9. The van der Waals surface area contributed by atoms with Crippen LogP contribution in [0.3, 0.4) is 0 Å². The molecule has 1 aliphatic rings. The van der Waals surface area contributed by atoms with E-state index in [9.17, 15) is 47.9 Å². The summed E-state index contributed by atoms with van der Waals surface area (Å²) in [6.07, 6.45) is -6.36. The van der Waals surface area contributed by atoms with Gasteiger partial charge in [-0.1, -0.05) is 0 Å². The SMILES string of the molecule is O=S(=O)(OC1=CCC1)C(F)(F)C(F)(F)C(F)(F)C(F)(F)F. The van der Waals surface area contributed by atoms with E-state index in [1.54, 1.807) is 0 Å². The van der Waals surface area contributed by atoms with Crippen LogP contribution in [0, 0.1) is 0 Å². The normalized spacial score (nSPS) is 18.0. The first-order valence-electron chi connectivity index (χ1n) is 4.91. The molecule has 1 aliphatic carbocycles. The van der Waals surface area contributed by atoms with Gasteiger partial charge in [0.05, 0.1) is 0 Å². The van der Waals surface area contributed by atoms with Gasteiger partial charge in [0, 0.05) is 6.42 Å². The van der Waals surface area contributed by atoms with Crippen LogP contribution in [0.4, 0.5) is 39.5 Å². The molecule has 124 valence electrons. The lowest BCUT2D eigenvalue weighted by molar-refractivity contribution is -0.382. The molecule has 0 saturated heterocycles. The Morgan fingerprint density at radius 2 is 1.33 bits per heavy atom. The Bertz CT molecular complexity index is 546. The topological polar surface area (TPSA) is 43.4 Å². The third kappa shape index (κ3) is 2.55. The van der Waals surface area contributed by atoms with E-state index in [-0.39, 0.29) is 12.8 Å². The summed E-state index contributed by atoms with van der Waals surface area (Å²) in [5.74, 6) is -15.3. The van der Waals surface area contributed by atoms with Gasteiger partial charge in [-0.2, -0.15) is 47.9 Å². The van der Waals surface area contributed by atoms with E-state index in [1.807, 2.05) is 0 Å². The van der Waals surface area contributed by atoms with Crippen LogP contribution in [-0.2, 0) is 14.3 Å². The second-order valence-electron chi connectivity index (χ2n) is 3.91. The van der Waals surface area contributed by atoms with Crippen LogP contribution in [-0.4, -0.2) is 31.7 Å². The molecule has 0 aliphatic heterocycles. The van der Waals surface area contributed by atoms with E-state index in [0.717, 1.165) is 6.08 Å². The van der Waals surface area contributed by atoms with E-state index in [0.29, 0.717) is 0 Å². The van der Waals surface area contributed by atoms with Gasteiger partial charge in [-0.05, 0) is 12.5 Å². The molecule has 0 N–H and O–H groups in total. The molecule has 1 rings (SSSR count). The molecule has 0 heterocycles. The minimum atomic E-state index is -7.28. The zero-order valence-corrected chi connectivity index (χ0v) is 10.3. The predicted molar refractivity (Wildman–Crippen MR) is 48.2 cm³/mol. The first-order chi connectivity index (χ1) is 9.08. The van der Waals surface area contributed by atoms with Crippen molar-refractivity contribution in [2.24, 2.45) is 0 Å². The van der Waals surface area contributed by atoms with Gasteiger partial charge in [0.1, 0.15) is 5.76 Å². The van der Waals surface area contributed by atoms with E-state index in [4.69, 9.17) is 0 Å². The highest BCUT2D eigenvalue weighted by Crippen LogP contribution is 2.55. The number of hydrogen-bond acceptors (Lipinski definition) is 3. The fourth-order valence-electron chi connectivity index (χ4n) is 1.05. The molecule has 0 fully saturated rings. The fraction of sp³-hybridized carbons (Fsp3) is 0.750. The van der Waals surface area contributed by atoms with Crippen molar-refractivity contribution >= 4 is 10.1 Å². The van der Waals surface area contributed by atoms with Crippen molar-refractivity contribution in [3.63, 3.8) is 0 Å². The summed E-state index contributed by atoms with van der Waals surface area (Å²) in [4.78, 5) is 0. The van der Waals surface area contributed by atoms with Crippen LogP contribution in [0.2, 0.25) is 0 Å². The molecule has 0 aromatic heterocycles. The first-order valence-corrected chi connectivity index (χ1v) is 6.32. The average molecular weight is 352 g/mol. The van der Waals surface area contributed by atoms with Crippen LogP contribution in [0.15, 0.2) is 11.8 Å². The Morgan fingerprint density at radius 3 is 1.62 bits per heavy atom. The second kappa shape index (κ2) is 4.68. The Balaban J connectivity index is 3.26. The summed E-state index contributed by atoms with van der Waals surface area (Å²) in [5.41, 5.74) is 0. The number of halogens is 9. The van der Waals surface area contributed by atoms with Crippen molar-refractivity contribution in [3.8, 4) is 0 Å². The smallest absolute Gasteiger partial charge is 0.383 e. The molecule has 0 aromatic carbocycles. The zero-order valence-electron chi connectivity index (χ0n) is 9.53. The molecule has 13 heteroatoms. The van der Waals surface area contributed by atoms with Gasteiger partial charge in [0.2, 0.25) is 0 Å². The molecule has 0 radical (unpaired) electrons. The summed E-state index contributed by atoms with van der Waals surface area (Å²) in [7, 11) is -6.75. The van der Waals surface area contributed by atoms with Crippen LogP contribution >= 0.6 is 0 Å². The van der Waals surface area contributed by atoms with Crippen LogP contribution in [0.5, 0.6) is 0 Å². The number of alkyl halides is 9. The highest BCUT2D eigenvalue weighted by atomic mass is 32.2. The lowest BCUT2D eigenvalue weighted by atomic mass is 10.1. The number of allylic oxidation sites excluding steroid dienone is 2. The molecule has 3 nitrogen and oxygen atoms in total. The molecule has 0 amide bonds. The molecule has 0 unspecified atom stereocenters. The van der Waals surface area contributed by atoms with Gasteiger partial charge < -0.3 is 4.18 Å². The van der Waals surface area contributed by atoms with Gasteiger partial charge >= 0.3 is 33.4 Å². The van der Waals surface area contributed by atoms with Crippen molar-refractivity contribution in [2.75, 3.05) is 0 Å². The maximum Gasteiger partial charge on any atom is 0.460 e. The maximum absolute atomic E-state index is 13.1. The molecule has 0 bridgehead atoms. The largest absolute Gasteiger partial charge is 0.460 e. The third-order valence-electron chi connectivity index (χ3n) is 2.41. The highest BCUT2D eigenvalue weighted by molar-refractivity contribution is 7.88. The van der Waals surface area contributed by atoms with Crippen LogP contribution < -0.4 is 0 Å². The molecule has 0 atom stereocenters. The summed E-state index contributed by atoms with van der Waals surface area (Å²) in [6.45, 7) is 0. The molecular formula is C8H5F9O3S. The quantitative estimate of drug-likeness (QED) is 0.562. The number of rotatable bonds is 5. The van der Waals surface area contributed by atoms with Crippen molar-refractivity contribution in [1.82, 2.24) is 0 Å². The zero-order chi connectivity index (χ0) is 16.9. The second-order valence-corrected chi connectivity index (χ2v) is 5.50. The van der Waals surface area contributed by atoms with E-state index in [1.165, 1.54) is 0 Å².